The second-order valence-electron chi connectivity index (χ2n) is 4.70. The molecule has 1 aromatic heterocycles. The van der Waals surface area contributed by atoms with Gasteiger partial charge in [-0.3, -0.25) is 5.84 Å². The molecular formula is C15H20N4O2. The average Bonchev–Trinajstić information content (AvgIpc) is 2.51. The van der Waals surface area contributed by atoms with E-state index in [1.54, 1.807) is 14.2 Å². The molecule has 6 heteroatoms. The van der Waals surface area contributed by atoms with E-state index < -0.39 is 0 Å². The highest BCUT2D eigenvalue weighted by Gasteiger charge is 2.23. The molecule has 3 N–H and O–H groups in total. The molecule has 112 valence electrons. The molecule has 1 unspecified atom stereocenters. The molecule has 21 heavy (non-hydrogen) atoms. The van der Waals surface area contributed by atoms with Crippen LogP contribution in [0.3, 0.4) is 0 Å². The van der Waals surface area contributed by atoms with Crippen molar-refractivity contribution in [2.75, 3.05) is 14.2 Å². The molecule has 0 fully saturated rings. The number of ether oxygens (including phenoxy) is 2. The summed E-state index contributed by atoms with van der Waals surface area (Å²) in [4.78, 5) is 0. The number of hydrazine groups is 1. The standard InChI is InChI=1S/C15H20N4O2/c1-9-8-11(10(2)19-18-9)15(17-16)14-12(20-3)6-5-7-13(14)21-4/h5-8,15,17H,16H2,1-4H3. The third-order valence-corrected chi connectivity index (χ3v) is 3.37. The second kappa shape index (κ2) is 6.51. The summed E-state index contributed by atoms with van der Waals surface area (Å²) < 4.78 is 10.9. The van der Waals surface area contributed by atoms with Gasteiger partial charge in [-0.15, -0.1) is 0 Å². The van der Waals surface area contributed by atoms with Gasteiger partial charge in [-0.05, 0) is 32.0 Å². The zero-order valence-electron chi connectivity index (χ0n) is 12.7. The topological polar surface area (TPSA) is 82.3 Å². The van der Waals surface area contributed by atoms with Gasteiger partial charge < -0.3 is 9.47 Å². The summed E-state index contributed by atoms with van der Waals surface area (Å²) in [6.07, 6.45) is 0. The lowest BCUT2D eigenvalue weighted by Gasteiger charge is -2.23. The number of aryl methyl sites for hydroxylation is 2. The van der Waals surface area contributed by atoms with Gasteiger partial charge in [0, 0.05) is 5.56 Å². The molecule has 1 aromatic carbocycles. The summed E-state index contributed by atoms with van der Waals surface area (Å²) in [5, 5.41) is 8.21. The summed E-state index contributed by atoms with van der Waals surface area (Å²) in [5.74, 6) is 7.19. The SMILES string of the molecule is COc1cccc(OC)c1C(NN)c1cc(C)nnc1C. The quantitative estimate of drug-likeness (QED) is 0.643. The van der Waals surface area contributed by atoms with Gasteiger partial charge in [0.15, 0.2) is 0 Å². The third-order valence-electron chi connectivity index (χ3n) is 3.37. The third kappa shape index (κ3) is 2.96. The highest BCUT2D eigenvalue weighted by Crippen LogP contribution is 2.37. The lowest BCUT2D eigenvalue weighted by Crippen LogP contribution is -2.30. The van der Waals surface area contributed by atoms with Crippen LogP contribution in [0.2, 0.25) is 0 Å². The van der Waals surface area contributed by atoms with Gasteiger partial charge in [0.1, 0.15) is 11.5 Å². The number of methoxy groups -OCH3 is 2. The summed E-state index contributed by atoms with van der Waals surface area (Å²) in [7, 11) is 3.24. The van der Waals surface area contributed by atoms with E-state index in [4.69, 9.17) is 15.3 Å². The van der Waals surface area contributed by atoms with Crippen molar-refractivity contribution in [3.05, 3.63) is 46.8 Å². The van der Waals surface area contributed by atoms with Gasteiger partial charge in [0.25, 0.3) is 0 Å². The second-order valence-corrected chi connectivity index (χ2v) is 4.70. The van der Waals surface area contributed by atoms with Crippen molar-refractivity contribution < 1.29 is 9.47 Å². The molecule has 0 aliphatic rings. The Kier molecular flexibility index (Phi) is 4.72. The monoisotopic (exact) mass is 288 g/mol. The molecule has 0 amide bonds. The van der Waals surface area contributed by atoms with Crippen LogP contribution in [-0.2, 0) is 0 Å². The first-order chi connectivity index (χ1) is 10.1. The molecule has 0 spiro atoms. The van der Waals surface area contributed by atoms with E-state index in [1.165, 1.54) is 0 Å². The minimum atomic E-state index is -0.301. The Morgan fingerprint density at radius 2 is 1.71 bits per heavy atom. The van der Waals surface area contributed by atoms with E-state index in [0.717, 1.165) is 22.5 Å². The Hall–Kier alpha value is -2.18. The average molecular weight is 288 g/mol. The Morgan fingerprint density at radius 1 is 1.10 bits per heavy atom. The maximum atomic E-state index is 5.79. The molecule has 2 aromatic rings. The molecule has 2 rings (SSSR count). The summed E-state index contributed by atoms with van der Waals surface area (Å²) in [6.45, 7) is 3.79. The van der Waals surface area contributed by atoms with Crippen LogP contribution < -0.4 is 20.7 Å². The molecule has 6 nitrogen and oxygen atoms in total. The fourth-order valence-corrected chi connectivity index (χ4v) is 2.36. The highest BCUT2D eigenvalue weighted by molar-refractivity contribution is 5.51. The van der Waals surface area contributed by atoms with Gasteiger partial charge in [0.2, 0.25) is 0 Å². The Bertz CT molecular complexity index is 609. The Balaban J connectivity index is 2.63. The van der Waals surface area contributed by atoms with Crippen LogP contribution in [0, 0.1) is 13.8 Å². The number of aromatic nitrogens is 2. The summed E-state index contributed by atoms with van der Waals surface area (Å²) in [6, 6.07) is 7.28. The smallest absolute Gasteiger partial charge is 0.127 e. The van der Waals surface area contributed by atoms with Crippen LogP contribution in [0.5, 0.6) is 11.5 Å². The summed E-state index contributed by atoms with van der Waals surface area (Å²) in [5.41, 5.74) is 6.22. The van der Waals surface area contributed by atoms with Gasteiger partial charge in [-0.1, -0.05) is 6.07 Å². The van der Waals surface area contributed by atoms with E-state index >= 15 is 0 Å². The van der Waals surface area contributed by atoms with Crippen molar-refractivity contribution in [1.82, 2.24) is 15.6 Å². The first-order valence-electron chi connectivity index (χ1n) is 6.60. The minimum absolute atomic E-state index is 0.301. The number of hydrogen-bond donors (Lipinski definition) is 2. The molecule has 1 heterocycles. The first-order valence-corrected chi connectivity index (χ1v) is 6.60. The molecule has 0 bridgehead atoms. The number of nitrogens with two attached hydrogens (primary N) is 1. The van der Waals surface area contributed by atoms with E-state index in [2.05, 4.69) is 15.6 Å². The van der Waals surface area contributed by atoms with E-state index in [0.29, 0.717) is 11.5 Å². The number of benzene rings is 1. The fourth-order valence-electron chi connectivity index (χ4n) is 2.36. The predicted molar refractivity (Wildman–Crippen MR) is 80.2 cm³/mol. The van der Waals surface area contributed by atoms with Gasteiger partial charge >= 0.3 is 0 Å². The van der Waals surface area contributed by atoms with Crippen LogP contribution in [0.15, 0.2) is 24.3 Å². The molecule has 0 saturated carbocycles. The maximum Gasteiger partial charge on any atom is 0.127 e. The van der Waals surface area contributed by atoms with Crippen molar-refractivity contribution >= 4 is 0 Å². The van der Waals surface area contributed by atoms with Crippen molar-refractivity contribution in [1.29, 1.82) is 0 Å². The maximum absolute atomic E-state index is 5.79. The van der Waals surface area contributed by atoms with Crippen LogP contribution in [-0.4, -0.2) is 24.4 Å². The van der Waals surface area contributed by atoms with Crippen molar-refractivity contribution in [3.8, 4) is 11.5 Å². The lowest BCUT2D eigenvalue weighted by molar-refractivity contribution is 0.377. The minimum Gasteiger partial charge on any atom is -0.496 e. The molecule has 0 radical (unpaired) electrons. The molecule has 1 atom stereocenters. The van der Waals surface area contributed by atoms with Crippen LogP contribution in [0.1, 0.15) is 28.6 Å². The zero-order valence-corrected chi connectivity index (χ0v) is 12.7. The predicted octanol–water partition coefficient (Wildman–Crippen LogP) is 1.66. The Morgan fingerprint density at radius 3 is 2.24 bits per heavy atom. The summed E-state index contributed by atoms with van der Waals surface area (Å²) >= 11 is 0. The van der Waals surface area contributed by atoms with Crippen molar-refractivity contribution in [2.45, 2.75) is 19.9 Å². The normalized spacial score (nSPS) is 12.0. The molecular weight excluding hydrogens is 268 g/mol. The van der Waals surface area contributed by atoms with E-state index in [1.807, 2.05) is 38.1 Å². The van der Waals surface area contributed by atoms with Crippen molar-refractivity contribution in [3.63, 3.8) is 0 Å². The van der Waals surface area contributed by atoms with Crippen molar-refractivity contribution in [2.24, 2.45) is 5.84 Å². The molecule has 0 aliphatic heterocycles. The number of hydrogen-bond acceptors (Lipinski definition) is 6. The Labute approximate surface area is 124 Å². The fraction of sp³-hybridized carbons (Fsp3) is 0.333. The number of nitrogens with one attached hydrogen (secondary N) is 1. The molecule has 0 aliphatic carbocycles. The van der Waals surface area contributed by atoms with Gasteiger partial charge in [0.05, 0.1) is 37.2 Å². The van der Waals surface area contributed by atoms with E-state index in [9.17, 15) is 0 Å². The first kappa shape index (κ1) is 15.2. The van der Waals surface area contributed by atoms with Crippen LogP contribution in [0.25, 0.3) is 0 Å². The zero-order chi connectivity index (χ0) is 15.4. The van der Waals surface area contributed by atoms with Gasteiger partial charge in [-0.2, -0.15) is 10.2 Å². The van der Waals surface area contributed by atoms with E-state index in [-0.39, 0.29) is 6.04 Å². The largest absolute Gasteiger partial charge is 0.496 e. The lowest BCUT2D eigenvalue weighted by atomic mass is 9.96. The molecule has 0 saturated heterocycles. The number of rotatable bonds is 5. The number of nitrogens with zero attached hydrogens (tertiary/aromatic N) is 2. The van der Waals surface area contributed by atoms with Crippen LogP contribution >= 0.6 is 0 Å². The van der Waals surface area contributed by atoms with Crippen LogP contribution in [0.4, 0.5) is 0 Å². The van der Waals surface area contributed by atoms with Gasteiger partial charge in [-0.25, -0.2) is 5.43 Å². The highest BCUT2D eigenvalue weighted by atomic mass is 16.5.